The second kappa shape index (κ2) is 5.87. The minimum atomic E-state index is -0.0438. The van der Waals surface area contributed by atoms with Crippen LogP contribution in [0.25, 0.3) is 0 Å². The third-order valence-corrected chi connectivity index (χ3v) is 4.50. The first kappa shape index (κ1) is 12.9. The first-order valence-electron chi connectivity index (χ1n) is 4.67. The van der Waals surface area contributed by atoms with E-state index in [1.54, 1.807) is 24.4 Å². The van der Waals surface area contributed by atoms with E-state index in [-0.39, 0.29) is 5.78 Å². The summed E-state index contributed by atoms with van der Waals surface area (Å²) in [6.45, 7) is 0. The Morgan fingerprint density at radius 1 is 1.41 bits per heavy atom. The van der Waals surface area contributed by atoms with Crippen LogP contribution in [-0.4, -0.2) is 16.5 Å². The summed E-state index contributed by atoms with van der Waals surface area (Å²) in [4.78, 5) is 16.0. The normalized spacial score (nSPS) is 10.5. The lowest BCUT2D eigenvalue weighted by molar-refractivity contribution is 0.102. The zero-order valence-electron chi connectivity index (χ0n) is 8.52. The molecule has 0 radical (unpaired) electrons. The summed E-state index contributed by atoms with van der Waals surface area (Å²) in [6.07, 6.45) is 1.71. The van der Waals surface area contributed by atoms with Gasteiger partial charge in [0.05, 0.1) is 10.8 Å². The van der Waals surface area contributed by atoms with Crippen LogP contribution in [0.5, 0.6) is 0 Å². The molecule has 0 fully saturated rings. The van der Waals surface area contributed by atoms with Gasteiger partial charge in [-0.05, 0) is 18.2 Å². The quantitative estimate of drug-likeness (QED) is 0.618. The average Bonchev–Trinajstić information content (AvgIpc) is 2.82. The van der Waals surface area contributed by atoms with Crippen LogP contribution in [0.3, 0.4) is 0 Å². The second-order valence-corrected chi connectivity index (χ2v) is 6.09. The molecule has 0 aliphatic heterocycles. The average molecular weight is 304 g/mol. The van der Waals surface area contributed by atoms with Crippen molar-refractivity contribution < 1.29 is 4.79 Å². The van der Waals surface area contributed by atoms with Gasteiger partial charge in [0, 0.05) is 22.2 Å². The molecule has 0 amide bonds. The van der Waals surface area contributed by atoms with E-state index in [9.17, 15) is 4.79 Å². The van der Waals surface area contributed by atoms with E-state index in [2.05, 4.69) is 4.98 Å². The molecule has 0 saturated heterocycles. The number of thioether (sulfide) groups is 1. The standard InChI is InChI=1S/C11H7Cl2NOS2/c12-7-1-2-9(13)8(5-7)10(15)6-17-11-14-3-4-16-11/h1-5H,6H2. The summed E-state index contributed by atoms with van der Waals surface area (Å²) in [7, 11) is 0. The fourth-order valence-corrected chi connectivity index (χ4v) is 3.11. The van der Waals surface area contributed by atoms with Crippen LogP contribution in [0.15, 0.2) is 34.1 Å². The molecule has 0 aliphatic rings. The summed E-state index contributed by atoms with van der Waals surface area (Å²) in [5.74, 6) is 0.269. The van der Waals surface area contributed by atoms with Crippen LogP contribution in [0, 0.1) is 0 Å². The largest absolute Gasteiger partial charge is 0.293 e. The van der Waals surface area contributed by atoms with E-state index in [1.807, 2.05) is 5.38 Å². The Morgan fingerprint density at radius 2 is 2.24 bits per heavy atom. The Hall–Kier alpha value is -0.550. The minimum absolute atomic E-state index is 0.0438. The number of hydrogen-bond donors (Lipinski definition) is 0. The molecule has 0 atom stereocenters. The van der Waals surface area contributed by atoms with Crippen molar-refractivity contribution in [3.63, 3.8) is 0 Å². The van der Waals surface area contributed by atoms with Crippen molar-refractivity contribution in [1.29, 1.82) is 0 Å². The maximum absolute atomic E-state index is 11.9. The third kappa shape index (κ3) is 3.45. The number of thiazole rings is 1. The Morgan fingerprint density at radius 3 is 2.94 bits per heavy atom. The highest BCUT2D eigenvalue weighted by molar-refractivity contribution is 8.01. The van der Waals surface area contributed by atoms with Crippen LogP contribution in [-0.2, 0) is 0 Å². The van der Waals surface area contributed by atoms with Gasteiger partial charge in [-0.1, -0.05) is 35.0 Å². The van der Waals surface area contributed by atoms with Gasteiger partial charge in [0.25, 0.3) is 0 Å². The Bertz CT molecular complexity index is 528. The number of ketones is 1. The van der Waals surface area contributed by atoms with Crippen LogP contribution in [0.2, 0.25) is 10.0 Å². The van der Waals surface area contributed by atoms with Gasteiger partial charge >= 0.3 is 0 Å². The number of nitrogens with zero attached hydrogens (tertiary/aromatic N) is 1. The molecule has 0 bridgehead atoms. The molecule has 1 heterocycles. The number of halogens is 2. The van der Waals surface area contributed by atoms with Crippen molar-refractivity contribution >= 4 is 52.1 Å². The molecule has 2 aromatic rings. The van der Waals surface area contributed by atoms with Crippen molar-refractivity contribution in [3.05, 3.63) is 45.4 Å². The van der Waals surface area contributed by atoms with Crippen LogP contribution in [0.4, 0.5) is 0 Å². The molecular formula is C11H7Cl2NOS2. The zero-order chi connectivity index (χ0) is 12.3. The lowest BCUT2D eigenvalue weighted by Gasteiger charge is -2.02. The molecule has 0 aliphatic carbocycles. The Balaban J connectivity index is 2.07. The molecule has 0 unspecified atom stereocenters. The highest BCUT2D eigenvalue weighted by atomic mass is 35.5. The van der Waals surface area contributed by atoms with E-state index in [4.69, 9.17) is 23.2 Å². The minimum Gasteiger partial charge on any atom is -0.293 e. The van der Waals surface area contributed by atoms with E-state index < -0.39 is 0 Å². The first-order chi connectivity index (χ1) is 8.16. The number of aromatic nitrogens is 1. The number of carbonyl (C=O) groups is 1. The number of carbonyl (C=O) groups excluding carboxylic acids is 1. The third-order valence-electron chi connectivity index (χ3n) is 1.97. The topological polar surface area (TPSA) is 30.0 Å². The number of rotatable bonds is 4. The van der Waals surface area contributed by atoms with Crippen LogP contribution >= 0.6 is 46.3 Å². The van der Waals surface area contributed by atoms with E-state index in [0.29, 0.717) is 21.4 Å². The van der Waals surface area contributed by atoms with Crippen LogP contribution in [0.1, 0.15) is 10.4 Å². The Labute approximate surface area is 117 Å². The molecule has 0 saturated carbocycles. The molecule has 2 nitrogen and oxygen atoms in total. The zero-order valence-corrected chi connectivity index (χ0v) is 11.7. The van der Waals surface area contributed by atoms with Gasteiger partial charge in [-0.15, -0.1) is 11.3 Å². The first-order valence-corrected chi connectivity index (χ1v) is 7.29. The number of benzene rings is 1. The van der Waals surface area contributed by atoms with Crippen molar-refractivity contribution in [1.82, 2.24) is 4.98 Å². The summed E-state index contributed by atoms with van der Waals surface area (Å²) in [5, 5.41) is 2.82. The van der Waals surface area contributed by atoms with E-state index in [1.165, 1.54) is 23.1 Å². The van der Waals surface area contributed by atoms with E-state index >= 15 is 0 Å². The van der Waals surface area contributed by atoms with Gasteiger partial charge in [0.2, 0.25) is 0 Å². The monoisotopic (exact) mass is 303 g/mol. The summed E-state index contributed by atoms with van der Waals surface area (Å²) in [6, 6.07) is 4.88. The summed E-state index contributed by atoms with van der Waals surface area (Å²) in [5.41, 5.74) is 0.461. The number of Topliss-reactive ketones (excluding diaryl/α,β-unsaturated/α-hetero) is 1. The smallest absolute Gasteiger partial charge is 0.174 e. The van der Waals surface area contributed by atoms with Crippen molar-refractivity contribution in [2.24, 2.45) is 0 Å². The van der Waals surface area contributed by atoms with Gasteiger partial charge in [-0.3, -0.25) is 4.79 Å². The van der Waals surface area contributed by atoms with Gasteiger partial charge in [0.1, 0.15) is 4.34 Å². The van der Waals surface area contributed by atoms with Gasteiger partial charge < -0.3 is 0 Å². The maximum atomic E-state index is 11.9. The molecule has 17 heavy (non-hydrogen) atoms. The molecule has 0 N–H and O–H groups in total. The molecule has 1 aromatic carbocycles. The van der Waals surface area contributed by atoms with Gasteiger partial charge in [-0.25, -0.2) is 4.98 Å². The van der Waals surface area contributed by atoms with Crippen molar-refractivity contribution in [2.75, 3.05) is 5.75 Å². The molecule has 2 rings (SSSR count). The van der Waals surface area contributed by atoms with Crippen molar-refractivity contribution in [3.8, 4) is 0 Å². The summed E-state index contributed by atoms with van der Waals surface area (Å²) >= 11 is 14.7. The lowest BCUT2D eigenvalue weighted by Crippen LogP contribution is -2.03. The predicted molar refractivity (Wildman–Crippen MR) is 73.6 cm³/mol. The fraction of sp³-hybridized carbons (Fsp3) is 0.0909. The van der Waals surface area contributed by atoms with Crippen LogP contribution < -0.4 is 0 Å². The molecule has 6 heteroatoms. The lowest BCUT2D eigenvalue weighted by atomic mass is 10.1. The fourth-order valence-electron chi connectivity index (χ4n) is 1.20. The molecule has 0 spiro atoms. The SMILES string of the molecule is O=C(CSc1nccs1)c1cc(Cl)ccc1Cl. The molecule has 1 aromatic heterocycles. The highest BCUT2D eigenvalue weighted by Crippen LogP contribution is 2.25. The maximum Gasteiger partial charge on any atom is 0.174 e. The molecule has 88 valence electrons. The van der Waals surface area contributed by atoms with E-state index in [0.717, 1.165) is 4.34 Å². The van der Waals surface area contributed by atoms with Gasteiger partial charge in [0.15, 0.2) is 5.78 Å². The Kier molecular flexibility index (Phi) is 4.45. The van der Waals surface area contributed by atoms with Gasteiger partial charge in [-0.2, -0.15) is 0 Å². The second-order valence-electron chi connectivity index (χ2n) is 3.13. The highest BCUT2D eigenvalue weighted by Gasteiger charge is 2.12. The molecular weight excluding hydrogens is 297 g/mol. The predicted octanol–water partition coefficient (Wildman–Crippen LogP) is 4.42. The number of hydrogen-bond acceptors (Lipinski definition) is 4. The van der Waals surface area contributed by atoms with Crippen molar-refractivity contribution in [2.45, 2.75) is 4.34 Å². The summed E-state index contributed by atoms with van der Waals surface area (Å²) < 4.78 is 0.872.